The van der Waals surface area contributed by atoms with E-state index >= 15 is 0 Å². The van der Waals surface area contributed by atoms with Crippen molar-refractivity contribution in [1.29, 1.82) is 0 Å². The molecule has 1 unspecified atom stereocenters. The molecule has 19 heavy (non-hydrogen) atoms. The molecule has 0 radical (unpaired) electrons. The normalized spacial score (nSPS) is 19.1. The Labute approximate surface area is 114 Å². The van der Waals surface area contributed by atoms with Crippen LogP contribution < -0.4 is 15.8 Å². The molecule has 2 N–H and O–H groups in total. The fourth-order valence-corrected chi connectivity index (χ4v) is 2.61. The Balaban J connectivity index is 2.17. The van der Waals surface area contributed by atoms with Gasteiger partial charge in [-0.15, -0.1) is 0 Å². The van der Waals surface area contributed by atoms with E-state index in [4.69, 9.17) is 0 Å². The zero-order valence-electron chi connectivity index (χ0n) is 12.1. The van der Waals surface area contributed by atoms with Crippen molar-refractivity contribution in [3.63, 3.8) is 0 Å². The molecule has 106 valence electrons. The van der Waals surface area contributed by atoms with Crippen LogP contribution in [0.5, 0.6) is 0 Å². The average Bonchev–Trinajstić information content (AvgIpc) is 2.79. The van der Waals surface area contributed by atoms with Gasteiger partial charge in [-0.25, -0.2) is 4.98 Å². The van der Waals surface area contributed by atoms with Crippen molar-refractivity contribution in [2.24, 2.45) is 5.92 Å². The molecule has 0 bridgehead atoms. The van der Waals surface area contributed by atoms with Gasteiger partial charge in [0.25, 0.3) is 5.56 Å². The summed E-state index contributed by atoms with van der Waals surface area (Å²) >= 11 is 0. The molecular formula is C14H24N4O. The van der Waals surface area contributed by atoms with Gasteiger partial charge in [0.2, 0.25) is 0 Å². The Morgan fingerprint density at radius 3 is 2.89 bits per heavy atom. The molecule has 2 rings (SSSR count). The molecule has 1 aliphatic heterocycles. The van der Waals surface area contributed by atoms with Gasteiger partial charge in [-0.3, -0.25) is 4.79 Å². The number of nitrogens with zero attached hydrogens (tertiary/aromatic N) is 2. The molecule has 0 spiro atoms. The SMILES string of the molecule is Cc1nc(N(CC(C)C)CC2CCCN2)cc(=O)[nH]1. The standard InChI is InChI=1S/C14H24N4O/c1-10(2)8-18(9-12-5-4-6-15-12)13-7-14(19)17-11(3)16-13/h7,10,12,15H,4-6,8-9H2,1-3H3,(H,16,17,19). The minimum Gasteiger partial charge on any atom is -0.355 e. The van der Waals surface area contributed by atoms with Gasteiger partial charge >= 0.3 is 0 Å². The van der Waals surface area contributed by atoms with E-state index in [9.17, 15) is 4.79 Å². The lowest BCUT2D eigenvalue weighted by molar-refractivity contribution is 0.537. The lowest BCUT2D eigenvalue weighted by Gasteiger charge is -2.28. The van der Waals surface area contributed by atoms with Crippen LogP contribution in [0.25, 0.3) is 0 Å². The summed E-state index contributed by atoms with van der Waals surface area (Å²) in [4.78, 5) is 21.0. The van der Waals surface area contributed by atoms with Crippen LogP contribution in [0.4, 0.5) is 5.82 Å². The Kier molecular flexibility index (Phi) is 4.58. The molecule has 1 saturated heterocycles. The van der Waals surface area contributed by atoms with E-state index in [1.54, 1.807) is 6.07 Å². The van der Waals surface area contributed by atoms with Crippen LogP contribution in [0.2, 0.25) is 0 Å². The Morgan fingerprint density at radius 1 is 1.53 bits per heavy atom. The summed E-state index contributed by atoms with van der Waals surface area (Å²) in [6.07, 6.45) is 2.44. The van der Waals surface area contributed by atoms with Gasteiger partial charge in [0.1, 0.15) is 11.6 Å². The fraction of sp³-hybridized carbons (Fsp3) is 0.714. The minimum absolute atomic E-state index is 0.0735. The number of hydrogen-bond donors (Lipinski definition) is 2. The van der Waals surface area contributed by atoms with Crippen molar-refractivity contribution in [3.05, 3.63) is 22.2 Å². The minimum atomic E-state index is -0.0735. The highest BCUT2D eigenvalue weighted by molar-refractivity contribution is 5.37. The Morgan fingerprint density at radius 2 is 2.32 bits per heavy atom. The summed E-state index contributed by atoms with van der Waals surface area (Å²) in [7, 11) is 0. The number of nitrogens with one attached hydrogen (secondary N) is 2. The first-order chi connectivity index (χ1) is 9.04. The summed E-state index contributed by atoms with van der Waals surface area (Å²) < 4.78 is 0. The summed E-state index contributed by atoms with van der Waals surface area (Å²) in [6, 6.07) is 2.12. The van der Waals surface area contributed by atoms with Crippen LogP contribution in [0.15, 0.2) is 10.9 Å². The van der Waals surface area contributed by atoms with Gasteiger partial charge in [-0.1, -0.05) is 13.8 Å². The van der Waals surface area contributed by atoms with Gasteiger partial charge in [0, 0.05) is 25.2 Å². The highest BCUT2D eigenvalue weighted by Crippen LogP contribution is 2.14. The molecule has 1 aliphatic rings. The summed E-state index contributed by atoms with van der Waals surface area (Å²) in [5.74, 6) is 2.02. The Hall–Kier alpha value is -1.36. The predicted octanol–water partition coefficient (Wildman–Crippen LogP) is 1.29. The first-order valence-electron chi connectivity index (χ1n) is 7.11. The topological polar surface area (TPSA) is 61.0 Å². The fourth-order valence-electron chi connectivity index (χ4n) is 2.61. The first kappa shape index (κ1) is 14.1. The van der Waals surface area contributed by atoms with E-state index in [-0.39, 0.29) is 5.56 Å². The van der Waals surface area contributed by atoms with Gasteiger partial charge in [-0.05, 0) is 32.2 Å². The second-order valence-corrected chi connectivity index (χ2v) is 5.78. The molecular weight excluding hydrogens is 240 g/mol. The maximum atomic E-state index is 11.6. The molecule has 2 heterocycles. The number of hydrogen-bond acceptors (Lipinski definition) is 4. The van der Waals surface area contributed by atoms with Gasteiger partial charge in [0.05, 0.1) is 0 Å². The number of rotatable bonds is 5. The number of aryl methyl sites for hydroxylation is 1. The Bertz CT molecular complexity index is 463. The monoisotopic (exact) mass is 264 g/mol. The molecule has 0 saturated carbocycles. The number of aromatic amines is 1. The van der Waals surface area contributed by atoms with Crippen molar-refractivity contribution in [2.45, 2.75) is 39.7 Å². The van der Waals surface area contributed by atoms with E-state index in [2.05, 4.69) is 34.0 Å². The van der Waals surface area contributed by atoms with Crippen LogP contribution in [0.3, 0.4) is 0 Å². The molecule has 1 atom stereocenters. The van der Waals surface area contributed by atoms with Crippen LogP contribution in [-0.2, 0) is 0 Å². The van der Waals surface area contributed by atoms with Crippen LogP contribution in [-0.4, -0.2) is 35.6 Å². The van der Waals surface area contributed by atoms with Crippen molar-refractivity contribution in [1.82, 2.24) is 15.3 Å². The molecule has 1 aromatic heterocycles. The van der Waals surface area contributed by atoms with Crippen molar-refractivity contribution in [2.75, 3.05) is 24.5 Å². The van der Waals surface area contributed by atoms with E-state index in [0.717, 1.165) is 25.5 Å². The quantitative estimate of drug-likeness (QED) is 0.841. The third-order valence-corrected chi connectivity index (χ3v) is 3.36. The number of H-pyrrole nitrogens is 1. The van der Waals surface area contributed by atoms with Crippen molar-refractivity contribution < 1.29 is 0 Å². The van der Waals surface area contributed by atoms with Crippen LogP contribution >= 0.6 is 0 Å². The van der Waals surface area contributed by atoms with Crippen molar-refractivity contribution >= 4 is 5.82 Å². The molecule has 0 aromatic carbocycles. The lowest BCUT2D eigenvalue weighted by Crippen LogP contribution is -2.40. The largest absolute Gasteiger partial charge is 0.355 e. The van der Waals surface area contributed by atoms with E-state index in [1.807, 2.05) is 6.92 Å². The zero-order chi connectivity index (χ0) is 13.8. The predicted molar refractivity (Wildman–Crippen MR) is 77.7 cm³/mol. The molecule has 5 nitrogen and oxygen atoms in total. The molecule has 1 aromatic rings. The van der Waals surface area contributed by atoms with Gasteiger partial charge in [0.15, 0.2) is 0 Å². The number of aromatic nitrogens is 2. The third-order valence-electron chi connectivity index (χ3n) is 3.36. The summed E-state index contributed by atoms with van der Waals surface area (Å²) in [6.45, 7) is 9.15. The summed E-state index contributed by atoms with van der Waals surface area (Å²) in [5, 5.41) is 3.50. The van der Waals surface area contributed by atoms with Crippen LogP contribution in [0.1, 0.15) is 32.5 Å². The van der Waals surface area contributed by atoms with Gasteiger partial charge < -0.3 is 15.2 Å². The summed E-state index contributed by atoms with van der Waals surface area (Å²) in [5.41, 5.74) is -0.0735. The maximum absolute atomic E-state index is 11.6. The second kappa shape index (κ2) is 6.19. The molecule has 0 aliphatic carbocycles. The average molecular weight is 264 g/mol. The second-order valence-electron chi connectivity index (χ2n) is 5.78. The third kappa shape index (κ3) is 4.06. The highest BCUT2D eigenvalue weighted by Gasteiger charge is 2.20. The van der Waals surface area contributed by atoms with Gasteiger partial charge in [-0.2, -0.15) is 0 Å². The molecule has 0 amide bonds. The molecule has 5 heteroatoms. The van der Waals surface area contributed by atoms with E-state index < -0.39 is 0 Å². The molecule has 1 fully saturated rings. The lowest BCUT2D eigenvalue weighted by atomic mass is 10.1. The van der Waals surface area contributed by atoms with Crippen LogP contribution in [0, 0.1) is 12.8 Å². The number of anilines is 1. The van der Waals surface area contributed by atoms with E-state index in [1.165, 1.54) is 12.8 Å². The van der Waals surface area contributed by atoms with E-state index in [0.29, 0.717) is 17.8 Å². The highest BCUT2D eigenvalue weighted by atomic mass is 16.1. The first-order valence-corrected chi connectivity index (χ1v) is 7.11. The maximum Gasteiger partial charge on any atom is 0.252 e. The zero-order valence-corrected chi connectivity index (χ0v) is 12.1. The smallest absolute Gasteiger partial charge is 0.252 e. The van der Waals surface area contributed by atoms with Crippen molar-refractivity contribution in [3.8, 4) is 0 Å².